The van der Waals surface area contributed by atoms with E-state index in [1.165, 1.54) is 68.4 Å². The topological polar surface area (TPSA) is 20.3 Å². The number of nitrogens with zero attached hydrogens (tertiary/aromatic N) is 1. The monoisotopic (exact) mass is 695 g/mol. The molecule has 0 amide bonds. The van der Waals surface area contributed by atoms with Gasteiger partial charge in [0.2, 0.25) is 0 Å². The van der Waals surface area contributed by atoms with Crippen LogP contribution in [-0.2, 0) is 5.41 Å². The molecule has 0 fully saturated rings. The van der Waals surface area contributed by atoms with Gasteiger partial charge in [-0.15, -0.1) is 0 Å². The fourth-order valence-electron chi connectivity index (χ4n) is 7.93. The van der Waals surface area contributed by atoms with E-state index in [-0.39, 0.29) is 5.43 Å². The summed E-state index contributed by atoms with van der Waals surface area (Å²) in [6, 6.07) is 46.6. The van der Waals surface area contributed by atoms with Crippen LogP contribution in [0.2, 0.25) is 0 Å². The summed E-state index contributed by atoms with van der Waals surface area (Å²) < 4.78 is 2.49. The average molecular weight is 693 g/mol. The Kier molecular flexibility index (Phi) is 5.86. The van der Waals surface area contributed by atoms with Crippen molar-refractivity contribution in [1.82, 2.24) is 0 Å². The second-order valence-electron chi connectivity index (χ2n) is 12.7. The van der Waals surface area contributed by atoms with Gasteiger partial charge >= 0.3 is 260 Å². The standard InChI is InChI=1S/C42H31NOTe/c1-25(2)27-20-26(3)21-28(22-27)43-37-17-9-7-15-34(37)42(35-16-8-10-18-38(35)43)33-14-6-4-12-29(33)31-24-40-32(23-36(31)42)41(44)30-13-5-11-19-39(30)45-40/h4-25H,1-3H3. The molecule has 7 aromatic rings. The summed E-state index contributed by atoms with van der Waals surface area (Å²) in [5.74, 6) is 0.427. The summed E-state index contributed by atoms with van der Waals surface area (Å²) in [4.78, 5) is 16.6. The summed E-state index contributed by atoms with van der Waals surface area (Å²) in [6.45, 7) is 6.73. The summed E-state index contributed by atoms with van der Waals surface area (Å²) in [5.41, 5.74) is 13.3. The van der Waals surface area contributed by atoms with Crippen LogP contribution in [0.3, 0.4) is 0 Å². The molecule has 9 rings (SSSR count). The van der Waals surface area contributed by atoms with Gasteiger partial charge in [-0.3, -0.25) is 0 Å². The predicted octanol–water partition coefficient (Wildman–Crippen LogP) is 9.99. The minimum atomic E-state index is -0.691. The molecule has 0 saturated heterocycles. The molecule has 2 heterocycles. The minimum absolute atomic E-state index is 0.158. The van der Waals surface area contributed by atoms with E-state index in [9.17, 15) is 4.79 Å². The Morgan fingerprint density at radius 3 is 1.98 bits per heavy atom. The molecule has 2 aliphatic rings. The van der Waals surface area contributed by atoms with Crippen LogP contribution in [0, 0.1) is 6.92 Å². The fraction of sp³-hybridized carbons (Fsp3) is 0.119. The maximum absolute atomic E-state index is 14.1. The van der Waals surface area contributed by atoms with Gasteiger partial charge in [0.15, 0.2) is 0 Å². The van der Waals surface area contributed by atoms with Crippen molar-refractivity contribution in [2.24, 2.45) is 0 Å². The van der Waals surface area contributed by atoms with Crippen molar-refractivity contribution in [2.45, 2.75) is 32.1 Å². The summed E-state index contributed by atoms with van der Waals surface area (Å²) in [7, 11) is 0. The van der Waals surface area contributed by atoms with Crippen LogP contribution in [0.5, 0.6) is 0 Å². The fourth-order valence-corrected chi connectivity index (χ4v) is 11.0. The number of hydrogen-bond acceptors (Lipinski definition) is 2. The van der Waals surface area contributed by atoms with E-state index >= 15 is 0 Å². The Labute approximate surface area is 272 Å². The molecule has 216 valence electrons. The van der Waals surface area contributed by atoms with Gasteiger partial charge in [-0.05, 0) is 0 Å². The van der Waals surface area contributed by atoms with Gasteiger partial charge in [-0.25, -0.2) is 0 Å². The molecule has 0 unspecified atom stereocenters. The Bertz CT molecular complexity index is 2370. The first kappa shape index (κ1) is 26.9. The van der Waals surface area contributed by atoms with Crippen LogP contribution >= 0.6 is 0 Å². The second-order valence-corrected chi connectivity index (χ2v) is 15.8. The molecule has 0 radical (unpaired) electrons. The SMILES string of the molecule is Cc1cc(C(C)C)cc(N2c3ccccc3C3(c4ccccc4-c4cc5[te]c6ccccc6c(=O)c5cc43)c3ccccc32)c1. The molecule has 1 aliphatic carbocycles. The zero-order chi connectivity index (χ0) is 30.4. The third-order valence-corrected chi connectivity index (χ3v) is 13.1. The number of benzene rings is 6. The van der Waals surface area contributed by atoms with Crippen LogP contribution in [0.1, 0.15) is 53.1 Å². The molecule has 1 spiro atoms. The number of fused-ring (bicyclic) bond motifs is 11. The maximum atomic E-state index is 14.1. The third-order valence-electron chi connectivity index (χ3n) is 9.85. The van der Waals surface area contributed by atoms with Crippen LogP contribution in [-0.4, -0.2) is 20.4 Å². The van der Waals surface area contributed by atoms with E-state index in [0.717, 1.165) is 10.8 Å². The number of rotatable bonds is 2. The molecular weight excluding hydrogens is 662 g/mol. The van der Waals surface area contributed by atoms with E-state index in [2.05, 4.69) is 141 Å². The molecule has 1 aromatic heterocycles. The first-order valence-electron chi connectivity index (χ1n) is 15.7. The number of anilines is 3. The van der Waals surface area contributed by atoms with Crippen molar-refractivity contribution >= 4 is 55.1 Å². The van der Waals surface area contributed by atoms with Gasteiger partial charge in [-0.1, -0.05) is 13.8 Å². The third kappa shape index (κ3) is 3.66. The molecule has 0 N–H and O–H groups in total. The first-order chi connectivity index (χ1) is 22.0. The van der Waals surface area contributed by atoms with E-state index in [1.807, 2.05) is 12.1 Å². The van der Waals surface area contributed by atoms with Crippen LogP contribution in [0.25, 0.3) is 28.7 Å². The summed E-state index contributed by atoms with van der Waals surface area (Å²) in [5, 5.41) is 1.77. The zero-order valence-corrected chi connectivity index (χ0v) is 27.8. The van der Waals surface area contributed by atoms with Crippen LogP contribution in [0.15, 0.2) is 132 Å². The zero-order valence-electron chi connectivity index (χ0n) is 25.5. The van der Waals surface area contributed by atoms with Crippen molar-refractivity contribution in [2.75, 3.05) is 4.90 Å². The van der Waals surface area contributed by atoms with E-state index < -0.39 is 25.8 Å². The molecule has 3 heteroatoms. The molecule has 2 nitrogen and oxygen atoms in total. The van der Waals surface area contributed by atoms with Gasteiger partial charge < -0.3 is 0 Å². The summed E-state index contributed by atoms with van der Waals surface area (Å²) in [6.07, 6.45) is 0. The Hall–Kier alpha value is -4.42. The Morgan fingerprint density at radius 2 is 1.24 bits per heavy atom. The predicted molar refractivity (Wildman–Crippen MR) is 189 cm³/mol. The first-order valence-corrected chi connectivity index (χ1v) is 18.0. The molecule has 1 aliphatic heterocycles. The van der Waals surface area contributed by atoms with Gasteiger partial charge in [0.25, 0.3) is 0 Å². The van der Waals surface area contributed by atoms with Crippen molar-refractivity contribution in [3.8, 4) is 11.1 Å². The van der Waals surface area contributed by atoms with Crippen molar-refractivity contribution in [1.29, 1.82) is 0 Å². The quantitative estimate of drug-likeness (QED) is 0.133. The van der Waals surface area contributed by atoms with Crippen molar-refractivity contribution < 1.29 is 0 Å². The van der Waals surface area contributed by atoms with Crippen LogP contribution in [0.4, 0.5) is 17.1 Å². The second kappa shape index (κ2) is 9.79. The van der Waals surface area contributed by atoms with E-state index in [4.69, 9.17) is 0 Å². The summed E-state index contributed by atoms with van der Waals surface area (Å²) >= 11 is -0.691. The van der Waals surface area contributed by atoms with Crippen LogP contribution < -0.4 is 10.3 Å². The van der Waals surface area contributed by atoms with Crippen molar-refractivity contribution in [3.63, 3.8) is 0 Å². The van der Waals surface area contributed by atoms with E-state index in [0.29, 0.717) is 5.92 Å². The Balaban J connectivity index is 1.42. The average Bonchev–Trinajstić information content (AvgIpc) is 3.34. The number of aryl methyl sites for hydroxylation is 1. The molecule has 0 bridgehead atoms. The molecule has 0 atom stereocenters. The molecule has 45 heavy (non-hydrogen) atoms. The molecule has 6 aromatic carbocycles. The number of hydrogen-bond donors (Lipinski definition) is 0. The molecule has 0 saturated carbocycles. The van der Waals surface area contributed by atoms with Crippen molar-refractivity contribution in [3.05, 3.63) is 171 Å². The normalized spacial score (nSPS) is 14.1. The van der Waals surface area contributed by atoms with Gasteiger partial charge in [0, 0.05) is 0 Å². The molecular formula is C42H31NOTe. The van der Waals surface area contributed by atoms with Gasteiger partial charge in [0.05, 0.1) is 0 Å². The number of para-hydroxylation sites is 2. The Morgan fingerprint density at radius 1 is 0.600 bits per heavy atom. The van der Waals surface area contributed by atoms with E-state index in [1.54, 1.807) is 0 Å². The van der Waals surface area contributed by atoms with Gasteiger partial charge in [-0.2, -0.15) is 0 Å². The van der Waals surface area contributed by atoms with Gasteiger partial charge in [0.1, 0.15) is 0 Å².